The van der Waals surface area contributed by atoms with Crippen LogP contribution in [0.25, 0.3) is 0 Å². The van der Waals surface area contributed by atoms with Gasteiger partial charge in [-0.3, -0.25) is 4.72 Å². The number of anilines is 1. The third kappa shape index (κ3) is 2.69. The van der Waals surface area contributed by atoms with E-state index in [1.807, 2.05) is 0 Å². The van der Waals surface area contributed by atoms with Gasteiger partial charge in [0, 0.05) is 23.7 Å². The number of aliphatic hydroxyl groups is 1. The zero-order chi connectivity index (χ0) is 12.5. The Morgan fingerprint density at radius 1 is 1.18 bits per heavy atom. The largest absolute Gasteiger partial charge is 0.350 e. The third-order valence-electron chi connectivity index (χ3n) is 2.27. The van der Waals surface area contributed by atoms with E-state index in [0.717, 1.165) is 6.26 Å². The molecule has 0 aliphatic carbocycles. The molecule has 1 aromatic rings. The predicted molar refractivity (Wildman–Crippen MR) is 64.2 cm³/mol. The number of hydrogen-bond donors (Lipinski definition) is 4. The first kappa shape index (κ1) is 11.7. The molecule has 0 unspecified atom stereocenters. The first-order valence-electron chi connectivity index (χ1n) is 4.90. The molecule has 1 aliphatic heterocycles. The van der Waals surface area contributed by atoms with Crippen LogP contribution in [0.3, 0.4) is 0 Å². The summed E-state index contributed by atoms with van der Waals surface area (Å²) in [6, 6.07) is 6.41. The van der Waals surface area contributed by atoms with Gasteiger partial charge in [0.2, 0.25) is 15.9 Å². The topological polar surface area (TPSA) is 90.5 Å². The van der Waals surface area contributed by atoms with Crippen molar-refractivity contribution in [1.82, 2.24) is 10.6 Å². The summed E-state index contributed by atoms with van der Waals surface area (Å²) in [5.74, 6) is -1.33. The number of hydrogen-bond acceptors (Lipinski definition) is 5. The van der Waals surface area contributed by atoms with E-state index >= 15 is 0 Å². The Morgan fingerprint density at radius 3 is 2.18 bits per heavy atom. The van der Waals surface area contributed by atoms with Crippen molar-refractivity contribution in [2.75, 3.05) is 11.0 Å². The van der Waals surface area contributed by atoms with Crippen molar-refractivity contribution < 1.29 is 13.5 Å². The van der Waals surface area contributed by atoms with Crippen molar-refractivity contribution in [3.63, 3.8) is 0 Å². The lowest BCUT2D eigenvalue weighted by atomic mass is 10.1. The molecule has 0 atom stereocenters. The lowest BCUT2D eigenvalue weighted by molar-refractivity contribution is 0.00267. The highest BCUT2D eigenvalue weighted by Gasteiger charge is 2.29. The van der Waals surface area contributed by atoms with Crippen molar-refractivity contribution in [3.8, 4) is 0 Å². The maximum Gasteiger partial charge on any atom is 0.241 e. The second-order valence-electron chi connectivity index (χ2n) is 3.78. The molecule has 7 heteroatoms. The number of rotatable bonds is 3. The van der Waals surface area contributed by atoms with Crippen LogP contribution >= 0.6 is 0 Å². The van der Waals surface area contributed by atoms with Crippen LogP contribution in [0.2, 0.25) is 0 Å². The first-order chi connectivity index (χ1) is 7.89. The summed E-state index contributed by atoms with van der Waals surface area (Å²) in [7, 11) is -3.28. The molecule has 4 N–H and O–H groups in total. The molecule has 17 heavy (non-hydrogen) atoms. The number of sulfonamides is 1. The van der Waals surface area contributed by atoms with Crippen LogP contribution in [0.4, 0.5) is 5.69 Å². The Bertz CT molecular complexity index is 528. The first-order valence-corrected chi connectivity index (χ1v) is 6.79. The summed E-state index contributed by atoms with van der Waals surface area (Å²) in [5, 5.41) is 15.5. The van der Waals surface area contributed by atoms with Gasteiger partial charge in [-0.25, -0.2) is 8.42 Å². The smallest absolute Gasteiger partial charge is 0.241 e. The molecular formula is C10H13N3O3S. The maximum atomic E-state index is 11.0. The van der Waals surface area contributed by atoms with Crippen LogP contribution in [0.15, 0.2) is 36.7 Å². The molecule has 0 aromatic heterocycles. The Labute approximate surface area is 99.4 Å². The highest BCUT2D eigenvalue weighted by Crippen LogP contribution is 2.20. The predicted octanol–water partition coefficient (Wildman–Crippen LogP) is -0.175. The molecule has 0 saturated carbocycles. The lowest BCUT2D eigenvalue weighted by Gasteiger charge is -2.24. The molecule has 1 aromatic carbocycles. The summed E-state index contributed by atoms with van der Waals surface area (Å²) in [6.45, 7) is 0. The Morgan fingerprint density at radius 2 is 1.71 bits per heavy atom. The van der Waals surface area contributed by atoms with Crippen LogP contribution in [-0.4, -0.2) is 19.8 Å². The maximum absolute atomic E-state index is 11.0. The van der Waals surface area contributed by atoms with Gasteiger partial charge in [0.25, 0.3) is 0 Å². The quantitative estimate of drug-likeness (QED) is 0.602. The highest BCUT2D eigenvalue weighted by molar-refractivity contribution is 7.92. The van der Waals surface area contributed by atoms with E-state index in [9.17, 15) is 13.5 Å². The summed E-state index contributed by atoms with van der Waals surface area (Å²) in [4.78, 5) is 0. The molecule has 0 radical (unpaired) electrons. The lowest BCUT2D eigenvalue weighted by Crippen LogP contribution is -2.45. The van der Waals surface area contributed by atoms with Crippen molar-refractivity contribution in [2.45, 2.75) is 5.85 Å². The van der Waals surface area contributed by atoms with Gasteiger partial charge in [-0.1, -0.05) is 12.1 Å². The molecule has 1 aliphatic rings. The number of benzene rings is 1. The van der Waals surface area contributed by atoms with Crippen molar-refractivity contribution >= 4 is 15.7 Å². The molecule has 2 rings (SSSR count). The van der Waals surface area contributed by atoms with E-state index in [0.29, 0.717) is 11.3 Å². The minimum absolute atomic E-state index is 0.450. The van der Waals surface area contributed by atoms with Crippen LogP contribution < -0.4 is 15.4 Å². The fourth-order valence-corrected chi connectivity index (χ4v) is 2.09. The molecule has 0 fully saturated rings. The van der Waals surface area contributed by atoms with Crippen LogP contribution in [0, 0.1) is 0 Å². The van der Waals surface area contributed by atoms with E-state index in [-0.39, 0.29) is 0 Å². The summed E-state index contributed by atoms with van der Waals surface area (Å²) in [5.41, 5.74) is 1.03. The molecular weight excluding hydrogens is 242 g/mol. The second kappa shape index (κ2) is 3.94. The summed E-state index contributed by atoms with van der Waals surface area (Å²) < 4.78 is 24.4. The molecule has 92 valence electrons. The fourth-order valence-electron chi connectivity index (χ4n) is 1.53. The van der Waals surface area contributed by atoms with Gasteiger partial charge >= 0.3 is 0 Å². The van der Waals surface area contributed by atoms with Crippen molar-refractivity contribution in [1.29, 1.82) is 0 Å². The zero-order valence-electron chi connectivity index (χ0n) is 9.14. The van der Waals surface area contributed by atoms with Gasteiger partial charge in [0.1, 0.15) is 0 Å². The molecule has 0 spiro atoms. The van der Waals surface area contributed by atoms with Crippen LogP contribution in [0.1, 0.15) is 5.56 Å². The molecule has 0 bridgehead atoms. The summed E-state index contributed by atoms with van der Waals surface area (Å²) in [6.07, 6.45) is 4.25. The molecule has 0 saturated heterocycles. The monoisotopic (exact) mass is 255 g/mol. The van der Waals surface area contributed by atoms with E-state index in [1.165, 1.54) is 0 Å². The Hall–Kier alpha value is -1.73. The molecule has 6 nitrogen and oxygen atoms in total. The average Bonchev–Trinajstić information content (AvgIpc) is 2.65. The van der Waals surface area contributed by atoms with Gasteiger partial charge < -0.3 is 15.7 Å². The van der Waals surface area contributed by atoms with E-state index in [4.69, 9.17) is 0 Å². The van der Waals surface area contributed by atoms with Gasteiger partial charge in [-0.15, -0.1) is 0 Å². The second-order valence-corrected chi connectivity index (χ2v) is 5.53. The van der Waals surface area contributed by atoms with Crippen LogP contribution in [-0.2, 0) is 15.9 Å². The minimum Gasteiger partial charge on any atom is -0.350 e. The number of nitrogens with one attached hydrogen (secondary N) is 3. The Balaban J connectivity index is 2.19. The van der Waals surface area contributed by atoms with Gasteiger partial charge in [-0.05, 0) is 12.1 Å². The summed E-state index contributed by atoms with van der Waals surface area (Å²) >= 11 is 0. The fraction of sp³-hybridized carbons (Fsp3) is 0.200. The normalized spacial score (nSPS) is 17.3. The van der Waals surface area contributed by atoms with Gasteiger partial charge in [0.05, 0.1) is 6.26 Å². The van der Waals surface area contributed by atoms with Crippen molar-refractivity contribution in [2.24, 2.45) is 0 Å². The van der Waals surface area contributed by atoms with Gasteiger partial charge in [0.15, 0.2) is 0 Å². The highest BCUT2D eigenvalue weighted by atomic mass is 32.2. The van der Waals surface area contributed by atoms with E-state index in [2.05, 4.69) is 15.4 Å². The zero-order valence-corrected chi connectivity index (χ0v) is 9.95. The molecule has 0 amide bonds. The SMILES string of the molecule is CS(=O)(=O)Nc1ccc(C2(O)NC=CN2)cc1. The van der Waals surface area contributed by atoms with Crippen molar-refractivity contribution in [3.05, 3.63) is 42.2 Å². The third-order valence-corrected chi connectivity index (χ3v) is 2.88. The molecule has 1 heterocycles. The van der Waals surface area contributed by atoms with Gasteiger partial charge in [-0.2, -0.15) is 0 Å². The van der Waals surface area contributed by atoms with Crippen LogP contribution in [0.5, 0.6) is 0 Å². The van der Waals surface area contributed by atoms with E-state index in [1.54, 1.807) is 36.7 Å². The average molecular weight is 255 g/mol. The standard InChI is InChI=1S/C10H13N3O3S/c1-17(15,16)13-9-4-2-8(3-5-9)10(14)11-6-7-12-10/h2-7,11-14H,1H3. The minimum atomic E-state index is -3.28. The Kier molecular flexibility index (Phi) is 2.72. The van der Waals surface area contributed by atoms with E-state index < -0.39 is 15.9 Å².